The first-order chi connectivity index (χ1) is 12.0. The van der Waals surface area contributed by atoms with Gasteiger partial charge in [0.05, 0.1) is 10.6 Å². The van der Waals surface area contributed by atoms with Gasteiger partial charge in [0.2, 0.25) is 0 Å². The SMILES string of the molecule is CC(=O)c1sc(NC(=O)c2cc(C)ccc2C)nc1-c1ccccc1. The van der Waals surface area contributed by atoms with Crippen molar-refractivity contribution in [3.8, 4) is 11.3 Å². The largest absolute Gasteiger partial charge is 0.298 e. The van der Waals surface area contributed by atoms with Gasteiger partial charge in [0.1, 0.15) is 0 Å². The van der Waals surface area contributed by atoms with Gasteiger partial charge >= 0.3 is 0 Å². The number of anilines is 1. The van der Waals surface area contributed by atoms with Crippen molar-refractivity contribution in [1.82, 2.24) is 4.98 Å². The molecule has 1 heterocycles. The third-order valence-corrected chi connectivity index (χ3v) is 4.92. The summed E-state index contributed by atoms with van der Waals surface area (Å²) in [6.45, 7) is 5.35. The van der Waals surface area contributed by atoms with Crippen molar-refractivity contribution in [2.45, 2.75) is 20.8 Å². The van der Waals surface area contributed by atoms with Crippen LogP contribution in [0.2, 0.25) is 0 Å². The maximum absolute atomic E-state index is 12.6. The highest BCUT2D eigenvalue weighted by Gasteiger charge is 2.18. The van der Waals surface area contributed by atoms with Crippen LogP contribution in [0.1, 0.15) is 38.1 Å². The Morgan fingerprint density at radius 2 is 1.76 bits per heavy atom. The van der Waals surface area contributed by atoms with Crippen molar-refractivity contribution in [2.24, 2.45) is 0 Å². The summed E-state index contributed by atoms with van der Waals surface area (Å²) in [5.74, 6) is -0.284. The number of thiazole rings is 1. The highest BCUT2D eigenvalue weighted by molar-refractivity contribution is 7.18. The number of benzene rings is 2. The highest BCUT2D eigenvalue weighted by Crippen LogP contribution is 2.31. The van der Waals surface area contributed by atoms with Crippen molar-refractivity contribution < 1.29 is 9.59 Å². The second-order valence-electron chi connectivity index (χ2n) is 5.89. The maximum Gasteiger partial charge on any atom is 0.257 e. The second-order valence-corrected chi connectivity index (χ2v) is 6.89. The molecule has 3 aromatic rings. The first-order valence-electron chi connectivity index (χ1n) is 7.91. The third-order valence-electron chi connectivity index (χ3n) is 3.85. The summed E-state index contributed by atoms with van der Waals surface area (Å²) in [5.41, 5.74) is 3.99. The molecule has 126 valence electrons. The summed E-state index contributed by atoms with van der Waals surface area (Å²) in [4.78, 5) is 29.6. The molecule has 0 saturated carbocycles. The lowest BCUT2D eigenvalue weighted by molar-refractivity contribution is 0.101. The Hall–Kier alpha value is -2.79. The fourth-order valence-corrected chi connectivity index (χ4v) is 3.43. The van der Waals surface area contributed by atoms with Gasteiger partial charge < -0.3 is 0 Å². The first-order valence-corrected chi connectivity index (χ1v) is 8.73. The maximum atomic E-state index is 12.6. The van der Waals surface area contributed by atoms with Crippen LogP contribution in [0, 0.1) is 13.8 Å². The molecule has 2 aromatic carbocycles. The zero-order chi connectivity index (χ0) is 18.0. The van der Waals surface area contributed by atoms with Crippen LogP contribution in [0.15, 0.2) is 48.5 Å². The fraction of sp³-hybridized carbons (Fsp3) is 0.150. The third kappa shape index (κ3) is 3.67. The van der Waals surface area contributed by atoms with Gasteiger partial charge in [0.15, 0.2) is 10.9 Å². The zero-order valence-electron chi connectivity index (χ0n) is 14.3. The Morgan fingerprint density at radius 3 is 2.44 bits per heavy atom. The van der Waals surface area contributed by atoms with E-state index in [4.69, 9.17) is 0 Å². The number of nitrogens with one attached hydrogen (secondary N) is 1. The summed E-state index contributed by atoms with van der Waals surface area (Å²) in [7, 11) is 0. The van der Waals surface area contributed by atoms with Crippen LogP contribution in [-0.2, 0) is 0 Å². The zero-order valence-corrected chi connectivity index (χ0v) is 15.1. The molecule has 0 spiro atoms. The van der Waals surface area contributed by atoms with Crippen LogP contribution in [-0.4, -0.2) is 16.7 Å². The lowest BCUT2D eigenvalue weighted by Gasteiger charge is -2.06. The molecular weight excluding hydrogens is 332 g/mol. The Kier molecular flexibility index (Phi) is 4.76. The highest BCUT2D eigenvalue weighted by atomic mass is 32.1. The van der Waals surface area contributed by atoms with Crippen LogP contribution in [0.3, 0.4) is 0 Å². The van der Waals surface area contributed by atoms with E-state index in [2.05, 4.69) is 10.3 Å². The van der Waals surface area contributed by atoms with E-state index in [0.29, 0.717) is 21.3 Å². The minimum atomic E-state index is -0.218. The molecule has 5 heteroatoms. The van der Waals surface area contributed by atoms with E-state index in [1.807, 2.05) is 62.4 Å². The Morgan fingerprint density at radius 1 is 1.04 bits per heavy atom. The van der Waals surface area contributed by atoms with Crippen molar-refractivity contribution >= 4 is 28.2 Å². The summed E-state index contributed by atoms with van der Waals surface area (Å²) in [5, 5.41) is 3.25. The van der Waals surface area contributed by atoms with E-state index < -0.39 is 0 Å². The Bertz CT molecular complexity index is 946. The van der Waals surface area contributed by atoms with Gasteiger partial charge in [-0.1, -0.05) is 59.4 Å². The molecule has 0 bridgehead atoms. The van der Waals surface area contributed by atoms with E-state index in [9.17, 15) is 9.59 Å². The molecule has 0 aliphatic carbocycles. The van der Waals surface area contributed by atoms with E-state index in [0.717, 1.165) is 16.7 Å². The number of carbonyl (C=O) groups is 2. The molecule has 3 rings (SSSR count). The number of carbonyl (C=O) groups excluding carboxylic acids is 2. The molecule has 0 unspecified atom stereocenters. The van der Waals surface area contributed by atoms with Gasteiger partial charge in [0, 0.05) is 18.1 Å². The number of ketones is 1. The van der Waals surface area contributed by atoms with Crippen LogP contribution < -0.4 is 5.32 Å². The van der Waals surface area contributed by atoms with E-state index >= 15 is 0 Å². The average Bonchev–Trinajstić information content (AvgIpc) is 3.02. The number of amides is 1. The number of hydrogen-bond acceptors (Lipinski definition) is 4. The molecule has 0 saturated heterocycles. The molecule has 25 heavy (non-hydrogen) atoms. The quantitative estimate of drug-likeness (QED) is 0.682. The number of Topliss-reactive ketones (excluding diaryl/α,β-unsaturated/α-hetero) is 1. The van der Waals surface area contributed by atoms with Gasteiger partial charge in [0.25, 0.3) is 5.91 Å². The van der Waals surface area contributed by atoms with E-state index in [-0.39, 0.29) is 11.7 Å². The molecule has 0 atom stereocenters. The van der Waals surface area contributed by atoms with E-state index in [1.54, 1.807) is 0 Å². The van der Waals surface area contributed by atoms with Crippen LogP contribution in [0.4, 0.5) is 5.13 Å². The molecule has 1 amide bonds. The normalized spacial score (nSPS) is 10.5. The van der Waals surface area contributed by atoms with E-state index in [1.165, 1.54) is 18.3 Å². The van der Waals surface area contributed by atoms with Gasteiger partial charge in [-0.2, -0.15) is 0 Å². The summed E-state index contributed by atoms with van der Waals surface area (Å²) < 4.78 is 0. The van der Waals surface area contributed by atoms with Crippen LogP contribution >= 0.6 is 11.3 Å². The molecule has 0 radical (unpaired) electrons. The van der Waals surface area contributed by atoms with Gasteiger partial charge in [-0.25, -0.2) is 4.98 Å². The predicted octanol–water partition coefficient (Wildman–Crippen LogP) is 4.88. The second kappa shape index (κ2) is 6.99. The molecule has 1 aromatic heterocycles. The van der Waals surface area contributed by atoms with Crippen molar-refractivity contribution in [3.05, 3.63) is 70.1 Å². The minimum Gasteiger partial charge on any atom is -0.298 e. The average molecular weight is 350 g/mol. The lowest BCUT2D eigenvalue weighted by atomic mass is 10.1. The molecule has 4 nitrogen and oxygen atoms in total. The molecule has 0 aliphatic heterocycles. The first kappa shape index (κ1) is 17.0. The number of nitrogens with zero attached hydrogens (tertiary/aromatic N) is 1. The summed E-state index contributed by atoms with van der Waals surface area (Å²) in [6.07, 6.45) is 0. The van der Waals surface area contributed by atoms with Crippen molar-refractivity contribution in [1.29, 1.82) is 0 Å². The lowest BCUT2D eigenvalue weighted by Crippen LogP contribution is -2.13. The number of aromatic nitrogens is 1. The predicted molar refractivity (Wildman–Crippen MR) is 101 cm³/mol. The molecule has 0 fully saturated rings. The standard InChI is InChI=1S/C20H18N2O2S/c1-12-9-10-13(2)16(11-12)19(24)22-20-21-17(18(25-20)14(3)23)15-7-5-4-6-8-15/h4-11H,1-3H3,(H,21,22,24). The summed E-state index contributed by atoms with van der Waals surface area (Å²) in [6, 6.07) is 15.2. The topological polar surface area (TPSA) is 59.1 Å². The van der Waals surface area contributed by atoms with Gasteiger partial charge in [-0.05, 0) is 25.5 Å². The number of rotatable bonds is 4. The van der Waals surface area contributed by atoms with Gasteiger partial charge in [-0.15, -0.1) is 0 Å². The summed E-state index contributed by atoms with van der Waals surface area (Å²) >= 11 is 1.20. The molecular formula is C20H18N2O2S. The van der Waals surface area contributed by atoms with Crippen molar-refractivity contribution in [2.75, 3.05) is 5.32 Å². The monoisotopic (exact) mass is 350 g/mol. The Labute approximate surface area is 150 Å². The number of aryl methyl sites for hydroxylation is 2. The van der Waals surface area contributed by atoms with Crippen molar-refractivity contribution in [3.63, 3.8) is 0 Å². The minimum absolute atomic E-state index is 0.0661. The Balaban J connectivity index is 1.95. The molecule has 0 aliphatic rings. The fourth-order valence-electron chi connectivity index (χ4n) is 2.55. The van der Waals surface area contributed by atoms with Crippen LogP contribution in [0.5, 0.6) is 0 Å². The number of hydrogen-bond donors (Lipinski definition) is 1. The smallest absolute Gasteiger partial charge is 0.257 e. The molecule has 1 N–H and O–H groups in total. The van der Waals surface area contributed by atoms with Crippen LogP contribution in [0.25, 0.3) is 11.3 Å². The van der Waals surface area contributed by atoms with Gasteiger partial charge in [-0.3, -0.25) is 14.9 Å².